The summed E-state index contributed by atoms with van der Waals surface area (Å²) in [5.74, 6) is -0.0953. The van der Waals surface area contributed by atoms with E-state index in [2.05, 4.69) is 5.32 Å². The highest BCUT2D eigenvalue weighted by Gasteiger charge is 2.30. The smallest absolute Gasteiger partial charge is 0.234 e. The highest BCUT2D eigenvalue weighted by molar-refractivity contribution is 5.78. The Labute approximate surface area is 119 Å². The second-order valence-electron chi connectivity index (χ2n) is 5.47. The molecule has 1 heterocycles. The summed E-state index contributed by atoms with van der Waals surface area (Å²) < 4.78 is 0. The molecule has 1 aromatic carbocycles. The van der Waals surface area contributed by atoms with Crippen LogP contribution in [-0.4, -0.2) is 52.9 Å². The van der Waals surface area contributed by atoms with Gasteiger partial charge in [0.05, 0.1) is 24.8 Å². The first kappa shape index (κ1) is 15.0. The van der Waals surface area contributed by atoms with Gasteiger partial charge in [-0.1, -0.05) is 24.3 Å². The van der Waals surface area contributed by atoms with Gasteiger partial charge in [-0.25, -0.2) is 0 Å². The van der Waals surface area contributed by atoms with Crippen molar-refractivity contribution in [3.8, 4) is 0 Å². The highest BCUT2D eigenvalue weighted by atomic mass is 16.3. The van der Waals surface area contributed by atoms with E-state index in [-0.39, 0.29) is 18.5 Å². The van der Waals surface area contributed by atoms with Crippen LogP contribution in [0.4, 0.5) is 0 Å². The highest BCUT2D eigenvalue weighted by Crippen LogP contribution is 2.16. The largest absolute Gasteiger partial charge is 0.389 e. The average molecular weight is 278 g/mol. The molecule has 0 aliphatic carbocycles. The Morgan fingerprint density at radius 2 is 1.95 bits per heavy atom. The van der Waals surface area contributed by atoms with Gasteiger partial charge in [0.2, 0.25) is 5.91 Å². The first-order valence-corrected chi connectivity index (χ1v) is 6.90. The standard InChI is InChI=1S/C15H22N2O3/c1-10-5-3-4-6-12(10)11(2)16-15(20)9-17-7-13(18)14(19)8-17/h3-6,11,13-14,18-19H,7-9H2,1-2H3,(H,16,20)/t11?,13-,14+. The van der Waals surface area contributed by atoms with Gasteiger partial charge in [-0.05, 0) is 25.0 Å². The molecule has 1 aromatic rings. The molecule has 0 radical (unpaired) electrons. The molecule has 1 aliphatic heterocycles. The fraction of sp³-hybridized carbons (Fsp3) is 0.533. The van der Waals surface area contributed by atoms with Gasteiger partial charge < -0.3 is 15.5 Å². The van der Waals surface area contributed by atoms with Crippen molar-refractivity contribution in [2.45, 2.75) is 32.1 Å². The molecule has 0 saturated carbocycles. The number of amides is 1. The van der Waals surface area contributed by atoms with E-state index >= 15 is 0 Å². The number of hydrogen-bond donors (Lipinski definition) is 3. The van der Waals surface area contributed by atoms with Crippen LogP contribution in [0.1, 0.15) is 24.1 Å². The lowest BCUT2D eigenvalue weighted by Crippen LogP contribution is -2.37. The third-order valence-corrected chi connectivity index (χ3v) is 3.73. The van der Waals surface area contributed by atoms with Gasteiger partial charge in [0.25, 0.3) is 0 Å². The minimum atomic E-state index is -0.753. The first-order chi connectivity index (χ1) is 9.47. The molecular formula is C15H22N2O3. The second-order valence-corrected chi connectivity index (χ2v) is 5.47. The zero-order valence-corrected chi connectivity index (χ0v) is 11.9. The molecular weight excluding hydrogens is 256 g/mol. The molecule has 1 amide bonds. The fourth-order valence-electron chi connectivity index (χ4n) is 2.62. The Morgan fingerprint density at radius 3 is 2.55 bits per heavy atom. The van der Waals surface area contributed by atoms with Gasteiger partial charge in [0, 0.05) is 13.1 Å². The van der Waals surface area contributed by atoms with E-state index < -0.39 is 12.2 Å². The molecule has 1 fully saturated rings. The summed E-state index contributed by atoms with van der Waals surface area (Å²) in [4.78, 5) is 13.8. The van der Waals surface area contributed by atoms with Crippen molar-refractivity contribution in [3.05, 3.63) is 35.4 Å². The molecule has 3 N–H and O–H groups in total. The zero-order chi connectivity index (χ0) is 14.7. The number of nitrogens with one attached hydrogen (secondary N) is 1. The Balaban J connectivity index is 1.87. The van der Waals surface area contributed by atoms with Gasteiger partial charge in [-0.15, -0.1) is 0 Å². The van der Waals surface area contributed by atoms with Crippen LogP contribution in [0.2, 0.25) is 0 Å². The zero-order valence-electron chi connectivity index (χ0n) is 11.9. The molecule has 2 rings (SSSR count). The molecule has 3 atom stereocenters. The number of aryl methyl sites for hydroxylation is 1. The van der Waals surface area contributed by atoms with E-state index in [1.807, 2.05) is 38.1 Å². The summed E-state index contributed by atoms with van der Waals surface area (Å²) in [6.45, 7) is 4.85. The van der Waals surface area contributed by atoms with E-state index in [1.165, 1.54) is 0 Å². The van der Waals surface area contributed by atoms with Crippen molar-refractivity contribution >= 4 is 5.91 Å². The fourth-order valence-corrected chi connectivity index (χ4v) is 2.62. The van der Waals surface area contributed by atoms with E-state index in [9.17, 15) is 15.0 Å². The second kappa shape index (κ2) is 6.35. The maximum atomic E-state index is 12.0. The Bertz CT molecular complexity index is 468. The summed E-state index contributed by atoms with van der Waals surface area (Å²) in [5.41, 5.74) is 2.25. The summed E-state index contributed by atoms with van der Waals surface area (Å²) in [6.07, 6.45) is -1.51. The predicted octanol–water partition coefficient (Wildman–Crippen LogP) is 0.210. The van der Waals surface area contributed by atoms with Crippen LogP contribution in [0, 0.1) is 6.92 Å². The summed E-state index contributed by atoms with van der Waals surface area (Å²) in [7, 11) is 0. The van der Waals surface area contributed by atoms with E-state index in [1.54, 1.807) is 4.90 Å². The minimum Gasteiger partial charge on any atom is -0.389 e. The maximum Gasteiger partial charge on any atom is 0.234 e. The minimum absolute atomic E-state index is 0.0545. The normalized spacial score (nSPS) is 24.6. The van der Waals surface area contributed by atoms with Gasteiger partial charge in [0.1, 0.15) is 0 Å². The van der Waals surface area contributed by atoms with Crippen molar-refractivity contribution in [1.29, 1.82) is 0 Å². The average Bonchev–Trinajstić information content (AvgIpc) is 2.68. The Morgan fingerprint density at radius 1 is 1.35 bits per heavy atom. The van der Waals surface area contributed by atoms with Crippen LogP contribution in [0.25, 0.3) is 0 Å². The number of benzene rings is 1. The van der Waals surface area contributed by atoms with Crippen LogP contribution in [0.15, 0.2) is 24.3 Å². The molecule has 5 heteroatoms. The van der Waals surface area contributed by atoms with E-state index in [0.717, 1.165) is 11.1 Å². The van der Waals surface area contributed by atoms with E-state index in [0.29, 0.717) is 13.1 Å². The number of likely N-dealkylation sites (tertiary alicyclic amines) is 1. The van der Waals surface area contributed by atoms with Crippen LogP contribution in [0.3, 0.4) is 0 Å². The molecule has 0 aromatic heterocycles. The Kier molecular flexibility index (Phi) is 4.75. The van der Waals surface area contributed by atoms with Crippen molar-refractivity contribution in [1.82, 2.24) is 10.2 Å². The summed E-state index contributed by atoms with van der Waals surface area (Å²) in [6, 6.07) is 7.90. The third-order valence-electron chi connectivity index (χ3n) is 3.73. The number of rotatable bonds is 4. The first-order valence-electron chi connectivity index (χ1n) is 6.90. The van der Waals surface area contributed by atoms with E-state index in [4.69, 9.17) is 0 Å². The molecule has 1 saturated heterocycles. The van der Waals surface area contributed by atoms with Crippen molar-refractivity contribution < 1.29 is 15.0 Å². The molecule has 0 bridgehead atoms. The number of aliphatic hydroxyl groups excluding tert-OH is 2. The molecule has 0 spiro atoms. The lowest BCUT2D eigenvalue weighted by atomic mass is 10.0. The quantitative estimate of drug-likeness (QED) is 0.736. The molecule has 5 nitrogen and oxygen atoms in total. The van der Waals surface area contributed by atoms with Crippen LogP contribution in [-0.2, 0) is 4.79 Å². The number of β-amino-alcohol motifs (C(OH)–C–C–N with tert-alkyl or cyclic N) is 2. The molecule has 110 valence electrons. The van der Waals surface area contributed by atoms with Crippen LogP contribution >= 0.6 is 0 Å². The monoisotopic (exact) mass is 278 g/mol. The lowest BCUT2D eigenvalue weighted by molar-refractivity contribution is -0.122. The topological polar surface area (TPSA) is 72.8 Å². The number of carbonyl (C=O) groups excluding carboxylic acids is 1. The van der Waals surface area contributed by atoms with Crippen molar-refractivity contribution in [2.24, 2.45) is 0 Å². The SMILES string of the molecule is Cc1ccccc1C(C)NC(=O)CN1C[C@@H](O)[C@@H](O)C1. The number of carbonyl (C=O) groups is 1. The number of hydrogen-bond acceptors (Lipinski definition) is 4. The van der Waals surface area contributed by atoms with Gasteiger partial charge in [-0.2, -0.15) is 0 Å². The van der Waals surface area contributed by atoms with Crippen molar-refractivity contribution in [3.63, 3.8) is 0 Å². The van der Waals surface area contributed by atoms with Crippen molar-refractivity contribution in [2.75, 3.05) is 19.6 Å². The maximum absolute atomic E-state index is 12.0. The molecule has 1 unspecified atom stereocenters. The van der Waals surface area contributed by atoms with Crippen LogP contribution < -0.4 is 5.32 Å². The van der Waals surface area contributed by atoms with Gasteiger partial charge in [0.15, 0.2) is 0 Å². The predicted molar refractivity (Wildman–Crippen MR) is 76.2 cm³/mol. The Hall–Kier alpha value is -1.43. The summed E-state index contributed by atoms with van der Waals surface area (Å²) >= 11 is 0. The van der Waals surface area contributed by atoms with Gasteiger partial charge in [-0.3, -0.25) is 9.69 Å². The molecule has 1 aliphatic rings. The van der Waals surface area contributed by atoms with Crippen LogP contribution in [0.5, 0.6) is 0 Å². The number of nitrogens with zero attached hydrogens (tertiary/aromatic N) is 1. The van der Waals surface area contributed by atoms with Gasteiger partial charge >= 0.3 is 0 Å². The summed E-state index contributed by atoms with van der Waals surface area (Å²) in [5, 5.41) is 21.9. The molecule has 20 heavy (non-hydrogen) atoms. The number of aliphatic hydroxyl groups is 2. The third kappa shape index (κ3) is 3.56. The lowest BCUT2D eigenvalue weighted by Gasteiger charge is -2.19.